The van der Waals surface area contributed by atoms with Gasteiger partial charge in [-0.3, -0.25) is 32.5 Å². The fourth-order valence-corrected chi connectivity index (χ4v) is 10.7. The van der Waals surface area contributed by atoms with Crippen molar-refractivity contribution in [3.8, 4) is 0 Å². The van der Waals surface area contributed by atoms with Crippen LogP contribution >= 0.6 is 15.6 Å². The number of aliphatic hydroxyl groups is 2. The van der Waals surface area contributed by atoms with Gasteiger partial charge in [0, 0.05) is 19.3 Å². The van der Waals surface area contributed by atoms with Crippen LogP contribution in [0.1, 0.15) is 265 Å². The summed E-state index contributed by atoms with van der Waals surface area (Å²) in [6.07, 6.45) is 87.0. The van der Waals surface area contributed by atoms with Gasteiger partial charge >= 0.3 is 33.6 Å². The number of carbonyl (C=O) groups excluding carboxylic acids is 3. The molecule has 0 aromatic heterocycles. The first-order valence-corrected chi connectivity index (χ1v) is 39.8. The van der Waals surface area contributed by atoms with Crippen LogP contribution in [-0.2, 0) is 55.8 Å². The minimum Gasteiger partial charge on any atom is -0.463 e. The van der Waals surface area contributed by atoms with E-state index in [1.807, 2.05) is 0 Å². The second-order valence-electron chi connectivity index (χ2n) is 24.0. The quantitative estimate of drug-likeness (QED) is 0.0146. The average molecular weight is 1400 g/mol. The third kappa shape index (κ3) is 72.2. The maximum absolute atomic E-state index is 13.0. The number of unbranched alkanes of at least 4 members (excludes halogenated alkanes) is 19. The van der Waals surface area contributed by atoms with Crippen molar-refractivity contribution in [3.63, 3.8) is 0 Å². The van der Waals surface area contributed by atoms with Gasteiger partial charge in [0.15, 0.2) is 6.10 Å². The SMILES string of the molecule is CC/C=C\C/C=C\C/C=C\C/C=C\C/C=C\CCCCCCCC(=O)OCC(O)COP(=O)(O)OCC(O)COP(=O)(O)OCC(COC(=O)CCCCCCC/C=C\C/C=C\C/C=C\C/C=C\C/C=C\CC)OC(=O)CCCCCCCC/C=C\C/C=C\C/C=C\CCCCC. The Balaban J connectivity index is 4.78. The number of hydrogen-bond donors (Lipinski definition) is 4. The van der Waals surface area contributed by atoms with Gasteiger partial charge in [0.25, 0.3) is 0 Å². The molecule has 0 bridgehead atoms. The minimum atomic E-state index is -4.95. The van der Waals surface area contributed by atoms with Gasteiger partial charge in [0.05, 0.1) is 26.4 Å². The van der Waals surface area contributed by atoms with Gasteiger partial charge in [-0.05, 0) is 148 Å². The summed E-state index contributed by atoms with van der Waals surface area (Å²) < 4.78 is 61.0. The van der Waals surface area contributed by atoms with Gasteiger partial charge in [-0.15, -0.1) is 0 Å². The molecule has 5 unspecified atom stereocenters. The molecule has 0 aromatic carbocycles. The third-order valence-electron chi connectivity index (χ3n) is 14.7. The summed E-state index contributed by atoms with van der Waals surface area (Å²) >= 11 is 0. The van der Waals surface area contributed by atoms with E-state index in [1.54, 1.807) is 0 Å². The monoisotopic (exact) mass is 1400 g/mol. The molecule has 97 heavy (non-hydrogen) atoms. The molecule has 0 aliphatic heterocycles. The molecule has 16 nitrogen and oxygen atoms in total. The van der Waals surface area contributed by atoms with Gasteiger partial charge in [0.2, 0.25) is 0 Å². The maximum atomic E-state index is 13.0. The van der Waals surface area contributed by atoms with Crippen molar-refractivity contribution in [1.29, 1.82) is 0 Å². The van der Waals surface area contributed by atoms with Crippen LogP contribution in [0.25, 0.3) is 0 Å². The standard InChI is InChI=1S/C79H130O16P2/c1-4-7-10-13-16-19-22-25-28-31-34-36-39-41-44-47-50-53-56-59-62-65-77(82)89-68-74(80)69-91-96(85,86)92-70-75(81)71-93-97(87,88)94-73-76(95-79(84)67-64-61-58-55-52-49-46-43-38-33-30-27-24-21-18-15-12-9-6-3)72-90-78(83)66-63-60-57-54-51-48-45-42-40-37-35-32-29-26-23-20-17-14-11-8-5-2/h7-8,10-11,16-21,25-30,34-38,41-45,74-76,80-81H,4-6,9,12-15,22-24,31-33,39-40,46-73H2,1-3H3,(H,85,86)(H,87,88)/b10-7-,11-8-,19-16-,20-17-,21-18-,28-25-,29-26-,30-27-,36-34-,37-35-,43-38-,44-41-,45-42-. The number of carbonyl (C=O) groups is 3. The summed E-state index contributed by atoms with van der Waals surface area (Å²) in [4.78, 5) is 58.6. The first-order valence-electron chi connectivity index (χ1n) is 36.8. The highest BCUT2D eigenvalue weighted by Gasteiger charge is 2.29. The van der Waals surface area contributed by atoms with Crippen molar-refractivity contribution in [2.75, 3.05) is 39.6 Å². The largest absolute Gasteiger partial charge is 0.472 e. The zero-order valence-electron chi connectivity index (χ0n) is 59.9. The second-order valence-corrected chi connectivity index (χ2v) is 26.9. The van der Waals surface area contributed by atoms with Crippen LogP contribution in [-0.4, -0.2) is 95.9 Å². The lowest BCUT2D eigenvalue weighted by molar-refractivity contribution is -0.161. The Hall–Kier alpha value is -4.83. The summed E-state index contributed by atoms with van der Waals surface area (Å²) in [5.41, 5.74) is 0. The molecule has 18 heteroatoms. The summed E-state index contributed by atoms with van der Waals surface area (Å²) in [5, 5.41) is 20.6. The first kappa shape index (κ1) is 92.2. The van der Waals surface area contributed by atoms with E-state index in [1.165, 1.54) is 19.3 Å². The van der Waals surface area contributed by atoms with Crippen molar-refractivity contribution in [2.24, 2.45) is 0 Å². The highest BCUT2D eigenvalue weighted by molar-refractivity contribution is 7.47. The smallest absolute Gasteiger partial charge is 0.463 e. The molecule has 5 atom stereocenters. The lowest BCUT2D eigenvalue weighted by Crippen LogP contribution is -2.30. The summed E-state index contributed by atoms with van der Waals surface area (Å²) in [6.45, 7) is 2.34. The Morgan fingerprint density at radius 3 is 0.866 bits per heavy atom. The molecule has 0 aliphatic rings. The highest BCUT2D eigenvalue weighted by atomic mass is 31.2. The molecule has 0 fully saturated rings. The Labute approximate surface area is 587 Å². The molecule has 552 valence electrons. The number of esters is 3. The van der Waals surface area contributed by atoms with Gasteiger partial charge in [-0.1, -0.05) is 256 Å². The van der Waals surface area contributed by atoms with Gasteiger partial charge in [0.1, 0.15) is 25.4 Å². The first-order chi connectivity index (χ1) is 47.2. The number of hydrogen-bond acceptors (Lipinski definition) is 14. The number of aliphatic hydroxyl groups excluding tert-OH is 2. The van der Waals surface area contributed by atoms with E-state index in [4.69, 9.17) is 32.3 Å². The normalized spacial score (nSPS) is 15.0. The fraction of sp³-hybridized carbons (Fsp3) is 0.633. The summed E-state index contributed by atoms with van der Waals surface area (Å²) in [7, 11) is -9.81. The zero-order valence-corrected chi connectivity index (χ0v) is 61.7. The molecule has 0 amide bonds. The summed E-state index contributed by atoms with van der Waals surface area (Å²) in [6, 6.07) is 0. The number of phosphoric acid groups is 2. The van der Waals surface area contributed by atoms with Crippen molar-refractivity contribution in [1.82, 2.24) is 0 Å². The van der Waals surface area contributed by atoms with Gasteiger partial charge < -0.3 is 34.2 Å². The van der Waals surface area contributed by atoms with E-state index in [-0.39, 0.29) is 19.3 Å². The van der Waals surface area contributed by atoms with E-state index < -0.39 is 91.5 Å². The van der Waals surface area contributed by atoms with Crippen LogP contribution in [0.5, 0.6) is 0 Å². The van der Waals surface area contributed by atoms with Crippen LogP contribution in [0.2, 0.25) is 0 Å². The highest BCUT2D eigenvalue weighted by Crippen LogP contribution is 2.45. The second kappa shape index (κ2) is 71.0. The van der Waals surface area contributed by atoms with E-state index in [2.05, 4.69) is 179 Å². The van der Waals surface area contributed by atoms with E-state index in [0.717, 1.165) is 186 Å². The molecular formula is C79H130O16P2. The average Bonchev–Trinajstić information content (AvgIpc) is 1.90. The number of rotatable bonds is 68. The van der Waals surface area contributed by atoms with E-state index >= 15 is 0 Å². The summed E-state index contributed by atoms with van der Waals surface area (Å²) in [5.74, 6) is -1.64. The Kier molecular flexibility index (Phi) is 67.5. The third-order valence-corrected chi connectivity index (χ3v) is 16.6. The fourth-order valence-electron chi connectivity index (χ4n) is 9.16. The van der Waals surface area contributed by atoms with Crippen LogP contribution in [0, 0.1) is 0 Å². The molecule has 0 rings (SSSR count). The molecule has 0 saturated carbocycles. The predicted octanol–water partition coefficient (Wildman–Crippen LogP) is 21.1. The minimum absolute atomic E-state index is 0.0791. The van der Waals surface area contributed by atoms with Crippen molar-refractivity contribution >= 4 is 33.6 Å². The topological polar surface area (TPSA) is 231 Å². The van der Waals surface area contributed by atoms with E-state index in [9.17, 15) is 43.5 Å². The molecule has 0 aromatic rings. The van der Waals surface area contributed by atoms with Crippen molar-refractivity contribution < 1.29 is 75.8 Å². The lowest BCUT2D eigenvalue weighted by atomic mass is 10.1. The maximum Gasteiger partial charge on any atom is 0.472 e. The molecule has 0 spiro atoms. The number of allylic oxidation sites excluding steroid dienone is 26. The Morgan fingerprint density at radius 1 is 0.299 bits per heavy atom. The number of phosphoric ester groups is 2. The molecular weight excluding hydrogens is 1270 g/mol. The molecule has 0 heterocycles. The van der Waals surface area contributed by atoms with Gasteiger partial charge in [-0.25, -0.2) is 9.13 Å². The molecule has 0 saturated heterocycles. The van der Waals surface area contributed by atoms with Gasteiger partial charge in [-0.2, -0.15) is 0 Å². The van der Waals surface area contributed by atoms with Crippen LogP contribution in [0.15, 0.2) is 158 Å². The lowest BCUT2D eigenvalue weighted by Gasteiger charge is -2.21. The molecule has 0 radical (unpaired) electrons. The van der Waals surface area contributed by atoms with E-state index in [0.29, 0.717) is 19.3 Å². The number of ether oxygens (including phenoxy) is 3. The van der Waals surface area contributed by atoms with Crippen LogP contribution < -0.4 is 0 Å². The molecule has 4 N–H and O–H groups in total. The van der Waals surface area contributed by atoms with Crippen LogP contribution in [0.3, 0.4) is 0 Å². The predicted molar refractivity (Wildman–Crippen MR) is 399 cm³/mol. The van der Waals surface area contributed by atoms with Crippen molar-refractivity contribution in [3.05, 3.63) is 158 Å². The van der Waals surface area contributed by atoms with Crippen LogP contribution in [0.4, 0.5) is 0 Å². The molecule has 0 aliphatic carbocycles. The Bertz CT molecular complexity index is 2400. The Morgan fingerprint density at radius 2 is 0.546 bits per heavy atom. The zero-order chi connectivity index (χ0) is 70.9. The van der Waals surface area contributed by atoms with Crippen molar-refractivity contribution in [2.45, 2.75) is 283 Å².